The molecule has 1 fully saturated rings. The third-order valence-corrected chi connectivity index (χ3v) is 4.88. The summed E-state index contributed by atoms with van der Waals surface area (Å²) < 4.78 is 2.06. The highest BCUT2D eigenvalue weighted by molar-refractivity contribution is 7.15. The number of nitrogens with two attached hydrogens (primary N) is 1. The van der Waals surface area contributed by atoms with Crippen LogP contribution in [-0.4, -0.2) is 31.9 Å². The van der Waals surface area contributed by atoms with Crippen LogP contribution in [0, 0.1) is 0 Å². The number of fused-ring (bicyclic) bond motifs is 1. The van der Waals surface area contributed by atoms with Gasteiger partial charge in [0.25, 0.3) is 0 Å². The third-order valence-electron chi connectivity index (χ3n) is 4.11. The lowest BCUT2D eigenvalue weighted by atomic mass is 9.79. The lowest BCUT2D eigenvalue weighted by molar-refractivity contribution is 0.345. The molecule has 0 radical (unpaired) electrons. The Morgan fingerprint density at radius 2 is 2.22 bits per heavy atom. The number of halogens is 1. The van der Waals surface area contributed by atoms with Gasteiger partial charge in [-0.05, 0) is 12.8 Å². The zero-order chi connectivity index (χ0) is 14.9. The van der Waals surface area contributed by atoms with Crippen LogP contribution in [-0.2, 0) is 6.42 Å². The molecule has 3 heterocycles. The smallest absolute Gasteiger partial charge is 0.193 e. The van der Waals surface area contributed by atoms with E-state index in [0.717, 1.165) is 48.0 Å². The van der Waals surface area contributed by atoms with E-state index in [4.69, 9.17) is 5.73 Å². The van der Waals surface area contributed by atoms with E-state index in [0.29, 0.717) is 12.0 Å². The number of rotatable bonds is 5. The van der Waals surface area contributed by atoms with E-state index in [-0.39, 0.29) is 12.4 Å². The van der Waals surface area contributed by atoms with E-state index in [9.17, 15) is 0 Å². The molecule has 3 aromatic heterocycles. The summed E-state index contributed by atoms with van der Waals surface area (Å²) >= 11 is 1.65. The maximum atomic E-state index is 5.84. The molecule has 1 saturated carbocycles. The van der Waals surface area contributed by atoms with Crippen LogP contribution in [0.1, 0.15) is 30.1 Å². The average molecular weight is 351 g/mol. The van der Waals surface area contributed by atoms with Gasteiger partial charge in [-0.3, -0.25) is 4.40 Å². The molecule has 0 spiro atoms. The van der Waals surface area contributed by atoms with Crippen LogP contribution in [0.25, 0.3) is 4.96 Å². The van der Waals surface area contributed by atoms with Crippen molar-refractivity contribution in [1.82, 2.24) is 19.4 Å². The van der Waals surface area contributed by atoms with Gasteiger partial charge < -0.3 is 11.1 Å². The zero-order valence-corrected chi connectivity index (χ0v) is 14.2. The Morgan fingerprint density at radius 1 is 1.35 bits per heavy atom. The minimum atomic E-state index is 0. The van der Waals surface area contributed by atoms with Crippen LogP contribution in [0.5, 0.6) is 0 Å². The topological polar surface area (TPSA) is 81.1 Å². The standard InChI is InChI=1S/C15H18N6S.ClH/c16-11-5-10(6-11)13-7-14(19-9-18-13)17-2-1-12-8-21-3-4-22-15(21)20-12;/h3-4,7-11H,1-2,5-6,16H2,(H,17,18,19);1H. The monoisotopic (exact) mass is 350 g/mol. The molecule has 4 rings (SSSR count). The molecular weight excluding hydrogens is 332 g/mol. The van der Waals surface area contributed by atoms with Gasteiger partial charge in [0.15, 0.2) is 4.96 Å². The maximum absolute atomic E-state index is 5.84. The van der Waals surface area contributed by atoms with Crippen molar-refractivity contribution in [3.8, 4) is 0 Å². The summed E-state index contributed by atoms with van der Waals surface area (Å²) in [6.07, 6.45) is 8.68. The summed E-state index contributed by atoms with van der Waals surface area (Å²) in [5, 5.41) is 5.40. The highest BCUT2D eigenvalue weighted by atomic mass is 35.5. The molecule has 0 saturated heterocycles. The number of nitrogens with zero attached hydrogens (tertiary/aromatic N) is 4. The number of hydrogen-bond donors (Lipinski definition) is 2. The summed E-state index contributed by atoms with van der Waals surface area (Å²) in [7, 11) is 0. The first-order chi connectivity index (χ1) is 10.8. The normalized spacial score (nSPS) is 20.0. The number of anilines is 1. The van der Waals surface area contributed by atoms with E-state index in [1.165, 1.54) is 0 Å². The molecule has 0 bridgehead atoms. The summed E-state index contributed by atoms with van der Waals surface area (Å²) in [4.78, 5) is 14.3. The predicted molar refractivity (Wildman–Crippen MR) is 94.5 cm³/mol. The van der Waals surface area contributed by atoms with Crippen molar-refractivity contribution in [3.63, 3.8) is 0 Å². The zero-order valence-electron chi connectivity index (χ0n) is 12.6. The number of thiazole rings is 1. The minimum Gasteiger partial charge on any atom is -0.370 e. The highest BCUT2D eigenvalue weighted by Gasteiger charge is 2.28. The van der Waals surface area contributed by atoms with Crippen molar-refractivity contribution in [1.29, 1.82) is 0 Å². The molecule has 1 aliphatic rings. The van der Waals surface area contributed by atoms with Crippen molar-refractivity contribution in [3.05, 3.63) is 41.6 Å². The van der Waals surface area contributed by atoms with E-state index in [2.05, 4.69) is 30.9 Å². The maximum Gasteiger partial charge on any atom is 0.193 e. The van der Waals surface area contributed by atoms with Crippen molar-refractivity contribution in [2.75, 3.05) is 11.9 Å². The van der Waals surface area contributed by atoms with Gasteiger partial charge in [-0.25, -0.2) is 15.0 Å². The first-order valence-electron chi connectivity index (χ1n) is 7.50. The van der Waals surface area contributed by atoms with E-state index in [1.54, 1.807) is 17.7 Å². The third kappa shape index (κ3) is 3.46. The molecule has 0 unspecified atom stereocenters. The molecule has 0 aromatic carbocycles. The number of hydrogen-bond acceptors (Lipinski definition) is 6. The van der Waals surface area contributed by atoms with Crippen molar-refractivity contribution in [2.45, 2.75) is 31.2 Å². The van der Waals surface area contributed by atoms with Crippen LogP contribution in [0.2, 0.25) is 0 Å². The molecule has 0 amide bonds. The molecule has 1 aliphatic carbocycles. The van der Waals surface area contributed by atoms with E-state index in [1.807, 2.05) is 17.6 Å². The Kier molecular flexibility index (Phi) is 4.79. The molecule has 23 heavy (non-hydrogen) atoms. The first kappa shape index (κ1) is 16.2. The Morgan fingerprint density at radius 3 is 3.00 bits per heavy atom. The van der Waals surface area contributed by atoms with Crippen LogP contribution < -0.4 is 11.1 Å². The van der Waals surface area contributed by atoms with Gasteiger partial charge in [0.1, 0.15) is 12.1 Å². The van der Waals surface area contributed by atoms with Gasteiger partial charge in [0.2, 0.25) is 0 Å². The fraction of sp³-hybridized carbons (Fsp3) is 0.400. The second kappa shape index (κ2) is 6.82. The second-order valence-electron chi connectivity index (χ2n) is 5.76. The summed E-state index contributed by atoms with van der Waals surface area (Å²) in [6.45, 7) is 0.811. The lowest BCUT2D eigenvalue weighted by Crippen LogP contribution is -2.35. The quantitative estimate of drug-likeness (QED) is 0.738. The predicted octanol–water partition coefficient (Wildman–Crippen LogP) is 2.47. The molecule has 6 nitrogen and oxygen atoms in total. The number of aromatic nitrogens is 4. The van der Waals surface area contributed by atoms with E-state index < -0.39 is 0 Å². The van der Waals surface area contributed by atoms with Crippen LogP contribution in [0.15, 0.2) is 30.2 Å². The van der Waals surface area contributed by atoms with Crippen molar-refractivity contribution < 1.29 is 0 Å². The summed E-state index contributed by atoms with van der Waals surface area (Å²) in [6, 6.07) is 2.38. The van der Waals surface area contributed by atoms with Gasteiger partial charge >= 0.3 is 0 Å². The lowest BCUT2D eigenvalue weighted by Gasteiger charge is -2.31. The summed E-state index contributed by atoms with van der Waals surface area (Å²) in [5.74, 6) is 1.38. The number of nitrogens with one attached hydrogen (secondary N) is 1. The van der Waals surface area contributed by atoms with Gasteiger partial charge in [-0.1, -0.05) is 0 Å². The minimum absolute atomic E-state index is 0. The number of imidazole rings is 1. The summed E-state index contributed by atoms with van der Waals surface area (Å²) in [5.41, 5.74) is 8.04. The van der Waals surface area contributed by atoms with Crippen LogP contribution in [0.4, 0.5) is 5.82 Å². The first-order valence-corrected chi connectivity index (χ1v) is 8.38. The molecular formula is C15H19ClN6S. The Bertz CT molecular complexity index is 750. The van der Waals surface area contributed by atoms with Crippen LogP contribution in [0.3, 0.4) is 0 Å². The molecule has 3 N–H and O–H groups in total. The van der Waals surface area contributed by atoms with Gasteiger partial charge in [0.05, 0.1) is 5.69 Å². The Balaban J connectivity index is 0.00000156. The second-order valence-corrected chi connectivity index (χ2v) is 6.63. The SMILES string of the molecule is Cl.NC1CC(c2cc(NCCc3cn4ccsc4n3)ncn2)C1. The Labute approximate surface area is 144 Å². The highest BCUT2D eigenvalue weighted by Crippen LogP contribution is 2.34. The largest absolute Gasteiger partial charge is 0.370 e. The molecule has 0 atom stereocenters. The van der Waals surface area contributed by atoms with Crippen molar-refractivity contribution in [2.24, 2.45) is 5.73 Å². The van der Waals surface area contributed by atoms with E-state index >= 15 is 0 Å². The van der Waals surface area contributed by atoms with Crippen LogP contribution >= 0.6 is 23.7 Å². The molecule has 0 aliphatic heterocycles. The van der Waals surface area contributed by atoms with Gasteiger partial charge in [0, 0.05) is 54.5 Å². The fourth-order valence-corrected chi connectivity index (χ4v) is 3.53. The molecule has 3 aromatic rings. The van der Waals surface area contributed by atoms with Crippen molar-refractivity contribution >= 4 is 34.5 Å². The fourth-order valence-electron chi connectivity index (χ4n) is 2.81. The molecule has 122 valence electrons. The van der Waals surface area contributed by atoms with Gasteiger partial charge in [-0.15, -0.1) is 23.7 Å². The van der Waals surface area contributed by atoms with Gasteiger partial charge in [-0.2, -0.15) is 0 Å². The average Bonchev–Trinajstić information content (AvgIpc) is 3.05. The Hall–Kier alpha value is -1.70. The molecule has 8 heteroatoms.